The standard InChI is InChI=1S/C13H13NO3S/c15-11(12-2-1-7-18-12)8-14-13(16)4-3-10-5-6-17-9-10/h1-7,9,11,15H,8H2,(H,14,16)/b4-3+/t11-/m1/s1. The third-order valence-electron chi connectivity index (χ3n) is 2.31. The number of thiophene rings is 1. The van der Waals surface area contributed by atoms with Crippen molar-refractivity contribution in [1.29, 1.82) is 0 Å². The lowest BCUT2D eigenvalue weighted by atomic mass is 10.3. The first kappa shape index (κ1) is 12.6. The topological polar surface area (TPSA) is 62.5 Å². The fourth-order valence-corrected chi connectivity index (χ4v) is 2.09. The maximum Gasteiger partial charge on any atom is 0.244 e. The van der Waals surface area contributed by atoms with E-state index in [1.165, 1.54) is 23.7 Å². The molecule has 5 heteroatoms. The summed E-state index contributed by atoms with van der Waals surface area (Å²) in [4.78, 5) is 12.3. The van der Waals surface area contributed by atoms with Crippen LogP contribution in [-0.4, -0.2) is 17.6 Å². The highest BCUT2D eigenvalue weighted by atomic mass is 32.1. The molecule has 18 heavy (non-hydrogen) atoms. The maximum atomic E-state index is 11.5. The van der Waals surface area contributed by atoms with E-state index in [0.717, 1.165) is 10.4 Å². The van der Waals surface area contributed by atoms with Crippen LogP contribution in [0.25, 0.3) is 6.08 Å². The van der Waals surface area contributed by atoms with Crippen LogP contribution in [0.15, 0.2) is 46.6 Å². The van der Waals surface area contributed by atoms with E-state index >= 15 is 0 Å². The normalized spacial score (nSPS) is 12.7. The number of amides is 1. The van der Waals surface area contributed by atoms with Crippen molar-refractivity contribution in [2.24, 2.45) is 0 Å². The van der Waals surface area contributed by atoms with Crippen LogP contribution in [0.2, 0.25) is 0 Å². The van der Waals surface area contributed by atoms with Crippen molar-refractivity contribution >= 4 is 23.3 Å². The Labute approximate surface area is 109 Å². The van der Waals surface area contributed by atoms with Crippen molar-refractivity contribution in [1.82, 2.24) is 5.32 Å². The fraction of sp³-hybridized carbons (Fsp3) is 0.154. The molecule has 2 aromatic heterocycles. The predicted molar refractivity (Wildman–Crippen MR) is 70.0 cm³/mol. The molecule has 4 nitrogen and oxygen atoms in total. The Balaban J connectivity index is 1.78. The Morgan fingerprint density at radius 3 is 3.11 bits per heavy atom. The van der Waals surface area contributed by atoms with Gasteiger partial charge >= 0.3 is 0 Å². The summed E-state index contributed by atoms with van der Waals surface area (Å²) in [6, 6.07) is 5.46. The van der Waals surface area contributed by atoms with Crippen molar-refractivity contribution in [2.45, 2.75) is 6.10 Å². The minimum absolute atomic E-state index is 0.203. The number of furan rings is 1. The lowest BCUT2D eigenvalue weighted by Crippen LogP contribution is -2.26. The lowest BCUT2D eigenvalue weighted by molar-refractivity contribution is -0.116. The van der Waals surface area contributed by atoms with Crippen LogP contribution < -0.4 is 5.32 Å². The second-order valence-corrected chi connectivity index (χ2v) is 4.65. The van der Waals surface area contributed by atoms with Gasteiger partial charge in [-0.15, -0.1) is 11.3 Å². The van der Waals surface area contributed by atoms with Gasteiger partial charge in [-0.05, 0) is 23.6 Å². The Bertz CT molecular complexity index is 502. The number of rotatable bonds is 5. The quantitative estimate of drug-likeness (QED) is 0.813. The van der Waals surface area contributed by atoms with Crippen LogP contribution in [0.1, 0.15) is 16.5 Å². The molecular formula is C13H13NO3S. The van der Waals surface area contributed by atoms with Gasteiger partial charge in [-0.1, -0.05) is 6.07 Å². The molecule has 1 atom stereocenters. The molecule has 0 fully saturated rings. The van der Waals surface area contributed by atoms with Gasteiger partial charge in [0, 0.05) is 23.1 Å². The summed E-state index contributed by atoms with van der Waals surface area (Å²) in [6.45, 7) is 0.203. The molecule has 0 aliphatic rings. The molecule has 0 bridgehead atoms. The van der Waals surface area contributed by atoms with Gasteiger partial charge in [-0.25, -0.2) is 0 Å². The summed E-state index contributed by atoms with van der Waals surface area (Å²) in [7, 11) is 0. The second kappa shape index (κ2) is 6.18. The molecule has 2 aromatic rings. The molecule has 2 heterocycles. The maximum absolute atomic E-state index is 11.5. The molecule has 0 aromatic carbocycles. The van der Waals surface area contributed by atoms with Crippen molar-refractivity contribution in [3.05, 3.63) is 52.6 Å². The van der Waals surface area contributed by atoms with Crippen molar-refractivity contribution < 1.29 is 14.3 Å². The molecule has 0 unspecified atom stereocenters. The summed E-state index contributed by atoms with van der Waals surface area (Å²) in [5.74, 6) is -0.244. The first-order chi connectivity index (χ1) is 8.75. The first-order valence-electron chi connectivity index (χ1n) is 5.45. The molecule has 2 N–H and O–H groups in total. The van der Waals surface area contributed by atoms with Crippen LogP contribution in [0.5, 0.6) is 0 Å². The summed E-state index contributed by atoms with van der Waals surface area (Å²) >= 11 is 1.46. The van der Waals surface area contributed by atoms with Crippen LogP contribution in [0.4, 0.5) is 0 Å². The summed E-state index contributed by atoms with van der Waals surface area (Å²) < 4.78 is 4.87. The predicted octanol–water partition coefficient (Wildman–Crippen LogP) is 2.20. The van der Waals surface area contributed by atoms with Crippen molar-refractivity contribution in [2.75, 3.05) is 6.54 Å². The summed E-state index contributed by atoms with van der Waals surface area (Å²) in [5, 5.41) is 14.3. The number of nitrogens with one attached hydrogen (secondary N) is 1. The van der Waals surface area contributed by atoms with Gasteiger partial charge in [0.05, 0.1) is 12.5 Å². The third-order valence-corrected chi connectivity index (χ3v) is 3.29. The highest BCUT2D eigenvalue weighted by Crippen LogP contribution is 2.17. The average molecular weight is 263 g/mol. The van der Waals surface area contributed by atoms with E-state index in [4.69, 9.17) is 4.42 Å². The number of aliphatic hydroxyl groups excluding tert-OH is 1. The largest absolute Gasteiger partial charge is 0.472 e. The van der Waals surface area contributed by atoms with E-state index in [0.29, 0.717) is 0 Å². The molecule has 1 amide bonds. The Morgan fingerprint density at radius 1 is 1.56 bits per heavy atom. The molecule has 0 aliphatic carbocycles. The SMILES string of the molecule is O=C(/C=C/c1ccoc1)NC[C@@H](O)c1cccs1. The van der Waals surface area contributed by atoms with E-state index in [-0.39, 0.29) is 12.5 Å². The van der Waals surface area contributed by atoms with E-state index in [1.54, 1.807) is 18.4 Å². The molecule has 0 spiro atoms. The van der Waals surface area contributed by atoms with Crippen LogP contribution in [0.3, 0.4) is 0 Å². The van der Waals surface area contributed by atoms with Gasteiger partial charge in [-0.2, -0.15) is 0 Å². The molecule has 0 radical (unpaired) electrons. The highest BCUT2D eigenvalue weighted by Gasteiger charge is 2.08. The first-order valence-corrected chi connectivity index (χ1v) is 6.33. The Morgan fingerprint density at radius 2 is 2.44 bits per heavy atom. The number of hydrogen-bond donors (Lipinski definition) is 2. The monoisotopic (exact) mass is 263 g/mol. The lowest BCUT2D eigenvalue weighted by Gasteiger charge is -2.08. The van der Waals surface area contributed by atoms with E-state index in [1.807, 2.05) is 17.5 Å². The minimum atomic E-state index is -0.656. The summed E-state index contributed by atoms with van der Waals surface area (Å²) in [5.41, 5.74) is 0.823. The van der Waals surface area contributed by atoms with Gasteiger partial charge < -0.3 is 14.8 Å². The van der Waals surface area contributed by atoms with E-state index in [2.05, 4.69) is 5.32 Å². The van der Waals surface area contributed by atoms with E-state index in [9.17, 15) is 9.90 Å². The van der Waals surface area contributed by atoms with Crippen molar-refractivity contribution in [3.63, 3.8) is 0 Å². The number of carbonyl (C=O) groups excluding carboxylic acids is 1. The Kier molecular flexibility index (Phi) is 4.33. The fourth-order valence-electron chi connectivity index (χ4n) is 1.38. The summed E-state index contributed by atoms with van der Waals surface area (Å²) in [6.07, 6.45) is 5.49. The minimum Gasteiger partial charge on any atom is -0.472 e. The van der Waals surface area contributed by atoms with Gasteiger partial charge in [0.25, 0.3) is 0 Å². The molecule has 0 saturated carbocycles. The van der Waals surface area contributed by atoms with Crippen LogP contribution in [-0.2, 0) is 4.79 Å². The molecular weight excluding hydrogens is 250 g/mol. The molecule has 0 aliphatic heterocycles. The molecule has 94 valence electrons. The van der Waals surface area contributed by atoms with Gasteiger partial charge in [0.2, 0.25) is 5.91 Å². The number of hydrogen-bond acceptors (Lipinski definition) is 4. The second-order valence-electron chi connectivity index (χ2n) is 3.67. The highest BCUT2D eigenvalue weighted by molar-refractivity contribution is 7.10. The zero-order valence-electron chi connectivity index (χ0n) is 9.58. The Hall–Kier alpha value is -1.85. The molecule has 0 saturated heterocycles. The number of aliphatic hydroxyl groups is 1. The van der Waals surface area contributed by atoms with Gasteiger partial charge in [0.1, 0.15) is 6.10 Å². The van der Waals surface area contributed by atoms with Crippen LogP contribution >= 0.6 is 11.3 Å². The van der Waals surface area contributed by atoms with E-state index < -0.39 is 6.10 Å². The van der Waals surface area contributed by atoms with Crippen molar-refractivity contribution in [3.8, 4) is 0 Å². The average Bonchev–Trinajstić information content (AvgIpc) is 3.05. The van der Waals surface area contributed by atoms with Gasteiger partial charge in [0.15, 0.2) is 0 Å². The zero-order valence-corrected chi connectivity index (χ0v) is 10.4. The number of carbonyl (C=O) groups is 1. The third kappa shape index (κ3) is 3.58. The van der Waals surface area contributed by atoms with Crippen LogP contribution in [0, 0.1) is 0 Å². The zero-order chi connectivity index (χ0) is 12.8. The smallest absolute Gasteiger partial charge is 0.244 e. The van der Waals surface area contributed by atoms with Gasteiger partial charge in [-0.3, -0.25) is 4.79 Å². The molecule has 2 rings (SSSR count).